The molecule has 0 radical (unpaired) electrons. The van der Waals surface area contributed by atoms with Crippen LogP contribution in [0.1, 0.15) is 28.2 Å². The van der Waals surface area contributed by atoms with Crippen LogP contribution in [0.15, 0.2) is 63.8 Å². The van der Waals surface area contributed by atoms with Gasteiger partial charge in [-0.3, -0.25) is 0 Å². The molecule has 0 spiro atoms. The Balaban J connectivity index is 1.37. The molecule has 3 fully saturated rings. The van der Waals surface area contributed by atoms with Crippen LogP contribution >= 0.6 is 38.6 Å². The molecule has 162 valence electrons. The predicted octanol–water partition coefficient (Wildman–Crippen LogP) is 5.16. The Labute approximate surface area is 198 Å². The van der Waals surface area contributed by atoms with Gasteiger partial charge in [0.25, 0.3) is 0 Å². The topological polar surface area (TPSA) is 46.5 Å². The third-order valence-electron chi connectivity index (χ3n) is 6.78. The van der Waals surface area contributed by atoms with Crippen LogP contribution in [-0.2, 0) is 21.7 Å². The number of carbonyl (C=O) groups is 1. The maximum atomic E-state index is 13.4. The normalized spacial score (nSPS) is 25.5. The van der Waals surface area contributed by atoms with Gasteiger partial charge in [-0.1, -0.05) is 40.2 Å². The number of piperidine rings is 3. The van der Waals surface area contributed by atoms with Crippen molar-refractivity contribution in [2.45, 2.75) is 31.1 Å². The lowest BCUT2D eigenvalue weighted by molar-refractivity contribution is -0.958. The van der Waals surface area contributed by atoms with Gasteiger partial charge >= 0.3 is 5.97 Å². The lowest BCUT2D eigenvalue weighted by atomic mass is 9.82. The van der Waals surface area contributed by atoms with Crippen molar-refractivity contribution in [3.05, 3.63) is 79.1 Å². The standard InChI is InChI=1S/C24H25BrNO3S2/c25-19-7-5-17(6-8-19)15-26-11-9-18(10-12-26)20(16-26)29-23(27)24(28,21-3-1-13-30-21)22-4-2-14-31-22/h1-8,13-14,18,20,28H,9-12,15-16H2/q+1/t18?,20-,26?/m0/s1. The molecular formula is C24H25BrNO3S2+. The van der Waals surface area contributed by atoms with Gasteiger partial charge in [-0.25, -0.2) is 4.79 Å². The Bertz CT molecular complexity index is 991. The molecule has 0 aliphatic carbocycles. The Kier molecular flexibility index (Phi) is 5.81. The molecule has 2 aromatic heterocycles. The van der Waals surface area contributed by atoms with Crippen LogP contribution in [0.4, 0.5) is 0 Å². The molecule has 0 amide bonds. The number of thiophene rings is 2. The summed E-state index contributed by atoms with van der Waals surface area (Å²) in [4.78, 5) is 14.7. The molecule has 0 saturated carbocycles. The highest BCUT2D eigenvalue weighted by atomic mass is 79.9. The summed E-state index contributed by atoms with van der Waals surface area (Å²) in [6, 6.07) is 15.9. The smallest absolute Gasteiger partial charge is 0.349 e. The summed E-state index contributed by atoms with van der Waals surface area (Å²) < 4.78 is 8.16. The van der Waals surface area contributed by atoms with E-state index in [9.17, 15) is 9.90 Å². The summed E-state index contributed by atoms with van der Waals surface area (Å²) in [5.41, 5.74) is -0.424. The third kappa shape index (κ3) is 4.02. The number of hydrogen-bond acceptors (Lipinski definition) is 5. The zero-order valence-electron chi connectivity index (χ0n) is 17.1. The van der Waals surface area contributed by atoms with Crippen LogP contribution in [0.3, 0.4) is 0 Å². The van der Waals surface area contributed by atoms with Crippen LogP contribution in [0.5, 0.6) is 0 Å². The van der Waals surface area contributed by atoms with Crippen LogP contribution in [0.25, 0.3) is 0 Å². The molecule has 1 N–H and O–H groups in total. The average Bonchev–Trinajstić information content (AvgIpc) is 3.50. The van der Waals surface area contributed by atoms with E-state index in [2.05, 4.69) is 40.2 Å². The summed E-state index contributed by atoms with van der Waals surface area (Å²) in [6.07, 6.45) is 1.97. The minimum atomic E-state index is -1.73. The van der Waals surface area contributed by atoms with Crippen molar-refractivity contribution in [3.8, 4) is 0 Å². The second kappa shape index (κ2) is 8.45. The zero-order chi connectivity index (χ0) is 21.5. The molecule has 0 unspecified atom stereocenters. The minimum absolute atomic E-state index is 0.156. The molecule has 1 aromatic carbocycles. The number of aliphatic hydroxyl groups is 1. The van der Waals surface area contributed by atoms with E-state index in [-0.39, 0.29) is 6.10 Å². The number of esters is 1. The van der Waals surface area contributed by atoms with Gasteiger partial charge in [0.15, 0.2) is 6.10 Å². The second-order valence-electron chi connectivity index (χ2n) is 8.70. The SMILES string of the molecule is O=C(O[C@H]1C[N+]2(Cc3ccc(Br)cc3)CCC1CC2)C(O)(c1cccs1)c1cccs1. The molecule has 7 heteroatoms. The summed E-state index contributed by atoms with van der Waals surface area (Å²) >= 11 is 6.28. The number of ether oxygens (including phenoxy) is 1. The lowest BCUT2D eigenvalue weighted by Gasteiger charge is -2.52. The molecule has 3 aromatic rings. The van der Waals surface area contributed by atoms with Gasteiger partial charge in [0.05, 0.1) is 22.8 Å². The Morgan fingerprint density at radius 2 is 1.68 bits per heavy atom. The van der Waals surface area contributed by atoms with Gasteiger partial charge in [0, 0.05) is 28.8 Å². The maximum Gasteiger partial charge on any atom is 0.349 e. The molecule has 5 heterocycles. The van der Waals surface area contributed by atoms with Crippen LogP contribution < -0.4 is 0 Å². The summed E-state index contributed by atoms with van der Waals surface area (Å²) in [5, 5.41) is 15.3. The Hall–Kier alpha value is -1.51. The van der Waals surface area contributed by atoms with Gasteiger partial charge in [-0.2, -0.15) is 0 Å². The fourth-order valence-electron chi connectivity index (χ4n) is 5.07. The van der Waals surface area contributed by atoms with Gasteiger partial charge in [0.2, 0.25) is 5.60 Å². The van der Waals surface area contributed by atoms with Crippen LogP contribution in [0, 0.1) is 5.92 Å². The molecule has 31 heavy (non-hydrogen) atoms. The Morgan fingerprint density at radius 1 is 1.06 bits per heavy atom. The summed E-state index contributed by atoms with van der Waals surface area (Å²) in [6.45, 7) is 4.01. The largest absolute Gasteiger partial charge is 0.453 e. The average molecular weight is 520 g/mol. The maximum absolute atomic E-state index is 13.4. The van der Waals surface area contributed by atoms with Gasteiger partial charge in [-0.15, -0.1) is 22.7 Å². The highest BCUT2D eigenvalue weighted by molar-refractivity contribution is 9.10. The first-order chi connectivity index (χ1) is 15.0. The second-order valence-corrected chi connectivity index (χ2v) is 11.5. The predicted molar refractivity (Wildman–Crippen MR) is 127 cm³/mol. The van der Waals surface area contributed by atoms with Crippen molar-refractivity contribution in [2.24, 2.45) is 5.92 Å². The number of quaternary nitrogens is 1. The van der Waals surface area contributed by atoms with Gasteiger partial charge in [-0.05, 0) is 35.0 Å². The number of nitrogens with zero attached hydrogens (tertiary/aromatic N) is 1. The molecule has 3 saturated heterocycles. The number of rotatable bonds is 6. The molecule has 1 atom stereocenters. The van der Waals surface area contributed by atoms with Crippen LogP contribution in [0.2, 0.25) is 0 Å². The Morgan fingerprint density at radius 3 is 2.23 bits per heavy atom. The van der Waals surface area contributed by atoms with Crippen molar-refractivity contribution in [1.29, 1.82) is 0 Å². The molecule has 6 rings (SSSR count). The quantitative estimate of drug-likeness (QED) is 0.362. The van der Waals surface area contributed by atoms with E-state index in [0.29, 0.717) is 15.7 Å². The van der Waals surface area contributed by atoms with Gasteiger partial charge < -0.3 is 14.3 Å². The third-order valence-corrected chi connectivity index (χ3v) is 9.27. The highest BCUT2D eigenvalue weighted by Gasteiger charge is 2.51. The minimum Gasteiger partial charge on any atom is -0.453 e. The first kappa shape index (κ1) is 21.3. The number of carbonyl (C=O) groups excluding carboxylic acids is 1. The fourth-order valence-corrected chi connectivity index (χ4v) is 7.05. The molecule has 3 aliphatic heterocycles. The van der Waals surface area contributed by atoms with E-state index in [1.165, 1.54) is 28.2 Å². The zero-order valence-corrected chi connectivity index (χ0v) is 20.3. The van der Waals surface area contributed by atoms with E-state index >= 15 is 0 Å². The summed E-state index contributed by atoms with van der Waals surface area (Å²) in [7, 11) is 0. The molecule has 2 bridgehead atoms. The van der Waals surface area contributed by atoms with E-state index in [1.54, 1.807) is 0 Å². The monoisotopic (exact) mass is 518 g/mol. The van der Waals surface area contributed by atoms with E-state index in [0.717, 1.165) is 48.0 Å². The van der Waals surface area contributed by atoms with Crippen molar-refractivity contribution in [2.75, 3.05) is 19.6 Å². The van der Waals surface area contributed by atoms with Crippen molar-refractivity contribution in [1.82, 2.24) is 0 Å². The lowest BCUT2D eigenvalue weighted by Crippen LogP contribution is -2.64. The number of hydrogen-bond donors (Lipinski definition) is 1. The first-order valence-corrected chi connectivity index (χ1v) is 13.1. The van der Waals surface area contributed by atoms with Crippen molar-refractivity contribution < 1.29 is 19.1 Å². The van der Waals surface area contributed by atoms with Gasteiger partial charge in [0.1, 0.15) is 13.1 Å². The van der Waals surface area contributed by atoms with Crippen LogP contribution in [-0.4, -0.2) is 41.3 Å². The number of benzene rings is 1. The van der Waals surface area contributed by atoms with E-state index in [1.807, 2.05) is 35.0 Å². The highest BCUT2D eigenvalue weighted by Crippen LogP contribution is 2.41. The summed E-state index contributed by atoms with van der Waals surface area (Å²) in [5.74, 6) is -0.164. The van der Waals surface area contributed by atoms with Crippen molar-refractivity contribution in [3.63, 3.8) is 0 Å². The number of fused-ring (bicyclic) bond motifs is 3. The molecule has 3 aliphatic rings. The molecule has 4 nitrogen and oxygen atoms in total. The number of halogens is 1. The van der Waals surface area contributed by atoms with E-state index in [4.69, 9.17) is 4.74 Å². The first-order valence-electron chi connectivity index (χ1n) is 10.6. The van der Waals surface area contributed by atoms with Crippen molar-refractivity contribution >= 4 is 44.6 Å². The van der Waals surface area contributed by atoms with E-state index < -0.39 is 11.6 Å². The molecular weight excluding hydrogens is 494 g/mol. The fraction of sp³-hybridized carbons (Fsp3) is 0.375.